The van der Waals surface area contributed by atoms with Crippen LogP contribution in [0.4, 0.5) is 0 Å². The zero-order valence-corrected chi connectivity index (χ0v) is 13.7. The van der Waals surface area contributed by atoms with Crippen molar-refractivity contribution >= 4 is 10.9 Å². The van der Waals surface area contributed by atoms with Gasteiger partial charge in [0.2, 0.25) is 0 Å². The summed E-state index contributed by atoms with van der Waals surface area (Å²) in [7, 11) is 0. The molecular formula is C20H23N3. The number of para-hydroxylation sites is 1. The van der Waals surface area contributed by atoms with Gasteiger partial charge in [-0.15, -0.1) is 0 Å². The molecule has 0 unspecified atom stereocenters. The molecule has 0 radical (unpaired) electrons. The number of aromatic nitrogens is 2. The molecule has 0 N–H and O–H groups in total. The Morgan fingerprint density at radius 2 is 2.04 bits per heavy atom. The smallest absolute Gasteiger partial charge is 0.0485 e. The fourth-order valence-electron chi connectivity index (χ4n) is 3.82. The van der Waals surface area contributed by atoms with Crippen molar-refractivity contribution in [2.24, 2.45) is 0 Å². The molecule has 0 atom stereocenters. The van der Waals surface area contributed by atoms with E-state index in [1.54, 1.807) is 5.69 Å². The Labute approximate surface area is 137 Å². The van der Waals surface area contributed by atoms with Crippen LogP contribution in [0.25, 0.3) is 10.9 Å². The number of aryl methyl sites for hydroxylation is 1. The minimum absolute atomic E-state index is 0.987. The molecule has 0 spiro atoms. The van der Waals surface area contributed by atoms with Gasteiger partial charge in [0.05, 0.1) is 0 Å². The van der Waals surface area contributed by atoms with Crippen LogP contribution in [-0.2, 0) is 26.1 Å². The van der Waals surface area contributed by atoms with Crippen LogP contribution in [0.1, 0.15) is 30.2 Å². The summed E-state index contributed by atoms with van der Waals surface area (Å²) in [5, 5.41) is 1.44. The summed E-state index contributed by atoms with van der Waals surface area (Å²) >= 11 is 0. The average molecular weight is 305 g/mol. The highest BCUT2D eigenvalue weighted by molar-refractivity contribution is 5.85. The van der Waals surface area contributed by atoms with Gasteiger partial charge in [0.15, 0.2) is 0 Å². The van der Waals surface area contributed by atoms with Gasteiger partial charge in [-0.2, -0.15) is 0 Å². The van der Waals surface area contributed by atoms with Crippen molar-refractivity contribution in [3.05, 3.63) is 65.6 Å². The summed E-state index contributed by atoms with van der Waals surface area (Å²) in [6.45, 7) is 6.54. The Bertz CT molecular complexity index is 804. The van der Waals surface area contributed by atoms with Crippen molar-refractivity contribution in [1.29, 1.82) is 0 Å². The normalized spacial score (nSPS) is 15.0. The lowest BCUT2D eigenvalue weighted by Gasteiger charge is -2.28. The van der Waals surface area contributed by atoms with Gasteiger partial charge in [0, 0.05) is 61.6 Å². The molecule has 1 aliphatic rings. The maximum Gasteiger partial charge on any atom is 0.0485 e. The lowest BCUT2D eigenvalue weighted by Crippen LogP contribution is -2.30. The van der Waals surface area contributed by atoms with Crippen molar-refractivity contribution in [2.75, 3.05) is 6.54 Å². The fraction of sp³-hybridized carbons (Fsp3) is 0.350. The van der Waals surface area contributed by atoms with Gasteiger partial charge < -0.3 is 4.57 Å². The molecule has 2 aromatic heterocycles. The van der Waals surface area contributed by atoms with Crippen LogP contribution in [-0.4, -0.2) is 21.0 Å². The third-order valence-corrected chi connectivity index (χ3v) is 4.82. The van der Waals surface area contributed by atoms with Gasteiger partial charge >= 0.3 is 0 Å². The highest BCUT2D eigenvalue weighted by Gasteiger charge is 2.23. The maximum absolute atomic E-state index is 4.24. The molecule has 1 aliphatic heterocycles. The van der Waals surface area contributed by atoms with E-state index in [1.165, 1.54) is 28.5 Å². The van der Waals surface area contributed by atoms with E-state index in [0.29, 0.717) is 0 Å². The minimum atomic E-state index is 0.987. The largest absolute Gasteiger partial charge is 0.344 e. The molecule has 0 saturated carbocycles. The maximum atomic E-state index is 4.24. The Hall–Kier alpha value is -2.13. The molecule has 3 nitrogen and oxygen atoms in total. The van der Waals surface area contributed by atoms with Crippen LogP contribution < -0.4 is 0 Å². The minimum Gasteiger partial charge on any atom is -0.344 e. The van der Waals surface area contributed by atoms with Crippen LogP contribution in [0.3, 0.4) is 0 Å². The molecule has 3 heteroatoms. The second-order valence-electron chi connectivity index (χ2n) is 6.42. The second-order valence-corrected chi connectivity index (χ2v) is 6.42. The third kappa shape index (κ3) is 2.66. The van der Waals surface area contributed by atoms with Gasteiger partial charge in [-0.05, 0) is 29.7 Å². The molecule has 23 heavy (non-hydrogen) atoms. The molecule has 1 aromatic carbocycles. The topological polar surface area (TPSA) is 21.1 Å². The molecular weight excluding hydrogens is 282 g/mol. The van der Waals surface area contributed by atoms with E-state index in [0.717, 1.165) is 32.6 Å². The molecule has 3 aromatic rings. The highest BCUT2D eigenvalue weighted by Crippen LogP contribution is 2.31. The Balaban J connectivity index is 1.68. The summed E-state index contributed by atoms with van der Waals surface area (Å²) in [6, 6.07) is 13.1. The van der Waals surface area contributed by atoms with Crippen molar-refractivity contribution in [3.8, 4) is 0 Å². The zero-order chi connectivity index (χ0) is 15.6. The van der Waals surface area contributed by atoms with E-state index in [2.05, 4.69) is 51.7 Å². The van der Waals surface area contributed by atoms with Crippen LogP contribution in [0, 0.1) is 0 Å². The monoisotopic (exact) mass is 305 g/mol. The first-order chi connectivity index (χ1) is 11.4. The lowest BCUT2D eigenvalue weighted by molar-refractivity contribution is 0.243. The SMILES string of the molecule is CCCn1c2c(c3ccccc31)CN(Cc1cccnc1)CC2. The molecule has 0 saturated heterocycles. The number of benzene rings is 1. The summed E-state index contributed by atoms with van der Waals surface area (Å²) < 4.78 is 2.55. The van der Waals surface area contributed by atoms with E-state index < -0.39 is 0 Å². The molecule has 118 valence electrons. The molecule has 3 heterocycles. The first-order valence-corrected chi connectivity index (χ1v) is 8.57. The van der Waals surface area contributed by atoms with E-state index in [9.17, 15) is 0 Å². The fourth-order valence-corrected chi connectivity index (χ4v) is 3.82. The van der Waals surface area contributed by atoms with Gasteiger partial charge in [-0.25, -0.2) is 0 Å². The predicted molar refractivity (Wildman–Crippen MR) is 94.3 cm³/mol. The second kappa shape index (κ2) is 6.17. The molecule has 4 rings (SSSR count). The van der Waals surface area contributed by atoms with Crippen LogP contribution in [0.5, 0.6) is 0 Å². The third-order valence-electron chi connectivity index (χ3n) is 4.82. The lowest BCUT2D eigenvalue weighted by atomic mass is 10.0. The quantitative estimate of drug-likeness (QED) is 0.726. The first kappa shape index (κ1) is 14.5. The number of nitrogens with zero attached hydrogens (tertiary/aromatic N) is 3. The van der Waals surface area contributed by atoms with Crippen LogP contribution >= 0.6 is 0 Å². The predicted octanol–water partition coefficient (Wildman–Crippen LogP) is 4.00. The van der Waals surface area contributed by atoms with E-state index >= 15 is 0 Å². The van der Waals surface area contributed by atoms with Crippen LogP contribution in [0.2, 0.25) is 0 Å². The standard InChI is InChI=1S/C20H23N3/c1-2-11-23-19-8-4-3-7-17(19)18-15-22(12-9-20(18)23)14-16-6-5-10-21-13-16/h3-8,10,13H,2,9,11-12,14-15H2,1H3. The van der Waals surface area contributed by atoms with Gasteiger partial charge in [-0.3, -0.25) is 9.88 Å². The van der Waals surface area contributed by atoms with Gasteiger partial charge in [-0.1, -0.05) is 31.2 Å². The summed E-state index contributed by atoms with van der Waals surface area (Å²) in [6.07, 6.45) is 6.15. The molecule has 0 aliphatic carbocycles. The van der Waals surface area contributed by atoms with Crippen molar-refractivity contribution in [1.82, 2.24) is 14.5 Å². The number of fused-ring (bicyclic) bond motifs is 3. The van der Waals surface area contributed by atoms with E-state index in [-0.39, 0.29) is 0 Å². The van der Waals surface area contributed by atoms with E-state index in [4.69, 9.17) is 0 Å². The number of rotatable bonds is 4. The van der Waals surface area contributed by atoms with Crippen molar-refractivity contribution < 1.29 is 0 Å². The number of hydrogen-bond acceptors (Lipinski definition) is 2. The molecule has 0 fully saturated rings. The van der Waals surface area contributed by atoms with Gasteiger partial charge in [0.25, 0.3) is 0 Å². The Morgan fingerprint density at radius 1 is 1.13 bits per heavy atom. The molecule has 0 bridgehead atoms. The molecule has 0 amide bonds. The summed E-state index contributed by atoms with van der Waals surface area (Å²) in [5.41, 5.74) is 5.79. The van der Waals surface area contributed by atoms with Crippen LogP contribution in [0.15, 0.2) is 48.8 Å². The number of hydrogen-bond donors (Lipinski definition) is 0. The van der Waals surface area contributed by atoms with E-state index in [1.807, 2.05) is 18.5 Å². The van der Waals surface area contributed by atoms with Crippen molar-refractivity contribution in [3.63, 3.8) is 0 Å². The first-order valence-electron chi connectivity index (χ1n) is 8.57. The zero-order valence-electron chi connectivity index (χ0n) is 13.7. The van der Waals surface area contributed by atoms with Gasteiger partial charge in [0.1, 0.15) is 0 Å². The summed E-state index contributed by atoms with van der Waals surface area (Å²) in [4.78, 5) is 6.79. The average Bonchev–Trinajstić information content (AvgIpc) is 2.90. The highest BCUT2D eigenvalue weighted by atomic mass is 15.1. The Kier molecular flexibility index (Phi) is 3.88. The Morgan fingerprint density at radius 3 is 2.87 bits per heavy atom. The van der Waals surface area contributed by atoms with Crippen molar-refractivity contribution in [2.45, 2.75) is 39.4 Å². The number of pyridine rings is 1. The summed E-state index contributed by atoms with van der Waals surface area (Å²) in [5.74, 6) is 0.